The fraction of sp³-hybridized carbons (Fsp3) is 0.438. The maximum atomic E-state index is 12.2. The smallest absolute Gasteiger partial charge is 0.228 e. The van der Waals surface area contributed by atoms with Gasteiger partial charge in [0, 0.05) is 17.5 Å². The molecule has 2 atom stereocenters. The van der Waals surface area contributed by atoms with Crippen LogP contribution in [-0.4, -0.2) is 27.1 Å². The van der Waals surface area contributed by atoms with E-state index >= 15 is 0 Å². The molecule has 0 saturated heterocycles. The van der Waals surface area contributed by atoms with Crippen molar-refractivity contribution in [2.45, 2.75) is 39.7 Å². The average Bonchev–Trinajstić information content (AvgIpc) is 2.96. The van der Waals surface area contributed by atoms with Crippen LogP contribution in [0.5, 0.6) is 0 Å². The zero-order valence-electron chi connectivity index (χ0n) is 13.8. The van der Waals surface area contributed by atoms with E-state index in [4.69, 9.17) is 5.73 Å². The van der Waals surface area contributed by atoms with Gasteiger partial charge in [0.15, 0.2) is 5.82 Å². The number of amides is 1. The normalized spacial score (nSPS) is 13.3. The third-order valence-corrected chi connectivity index (χ3v) is 3.68. The summed E-state index contributed by atoms with van der Waals surface area (Å²) < 4.78 is 0. The number of nitrogens with one attached hydrogen (secondary N) is 2. The molecule has 2 rings (SSSR count). The molecule has 1 aromatic carbocycles. The van der Waals surface area contributed by atoms with E-state index in [2.05, 4.69) is 20.5 Å². The molecule has 1 aromatic heterocycles. The van der Waals surface area contributed by atoms with E-state index in [1.807, 2.05) is 52.0 Å². The molecule has 0 bridgehead atoms. The van der Waals surface area contributed by atoms with Crippen LogP contribution in [-0.2, 0) is 4.79 Å². The van der Waals surface area contributed by atoms with Crippen molar-refractivity contribution in [3.63, 3.8) is 0 Å². The molecule has 0 spiro atoms. The fourth-order valence-electron chi connectivity index (χ4n) is 1.93. The molecule has 2 unspecified atom stereocenters. The Morgan fingerprint density at radius 3 is 2.43 bits per heavy atom. The van der Waals surface area contributed by atoms with Crippen molar-refractivity contribution in [3.05, 3.63) is 30.1 Å². The first-order valence-electron chi connectivity index (χ1n) is 7.48. The Morgan fingerprint density at radius 2 is 1.87 bits per heavy atom. The van der Waals surface area contributed by atoms with Gasteiger partial charge in [-0.3, -0.25) is 9.89 Å². The standard InChI is InChI=1S/C16H23N5O.ClH/c1-9(2)14-19-15(21-20-14)12-7-5-6-8-13(12)18-16(22)10(3)11(4)17;/h5-11H,17H2,1-4H3,(H,18,22)(H,19,20,21);1H. The second-order valence-corrected chi connectivity index (χ2v) is 5.88. The number of H-pyrrole nitrogens is 1. The summed E-state index contributed by atoms with van der Waals surface area (Å²) in [7, 11) is 0. The molecule has 0 fully saturated rings. The number of hydrogen-bond donors (Lipinski definition) is 3. The third kappa shape index (κ3) is 4.53. The number of hydrogen-bond acceptors (Lipinski definition) is 4. The van der Waals surface area contributed by atoms with Crippen molar-refractivity contribution < 1.29 is 4.79 Å². The molecule has 7 heteroatoms. The minimum Gasteiger partial charge on any atom is -0.327 e. The molecule has 1 heterocycles. The highest BCUT2D eigenvalue weighted by Crippen LogP contribution is 2.26. The molecule has 0 saturated carbocycles. The molecule has 0 aliphatic rings. The molecular formula is C16H24ClN5O. The van der Waals surface area contributed by atoms with Crippen LogP contribution < -0.4 is 11.1 Å². The number of halogens is 1. The molecule has 4 N–H and O–H groups in total. The van der Waals surface area contributed by atoms with E-state index in [1.165, 1.54) is 0 Å². The summed E-state index contributed by atoms with van der Waals surface area (Å²) in [6.07, 6.45) is 0. The van der Waals surface area contributed by atoms with Gasteiger partial charge in [-0.2, -0.15) is 5.10 Å². The van der Waals surface area contributed by atoms with Crippen molar-refractivity contribution >= 4 is 24.0 Å². The summed E-state index contributed by atoms with van der Waals surface area (Å²) >= 11 is 0. The number of rotatable bonds is 5. The second-order valence-electron chi connectivity index (χ2n) is 5.88. The summed E-state index contributed by atoms with van der Waals surface area (Å²) in [5.74, 6) is 1.28. The van der Waals surface area contributed by atoms with Crippen LogP contribution in [0.3, 0.4) is 0 Å². The number of aromatic nitrogens is 3. The highest BCUT2D eigenvalue weighted by Gasteiger charge is 2.19. The predicted octanol–water partition coefficient (Wildman–Crippen LogP) is 2.94. The van der Waals surface area contributed by atoms with Crippen molar-refractivity contribution in [2.24, 2.45) is 11.7 Å². The molecule has 1 amide bonds. The quantitative estimate of drug-likeness (QED) is 0.781. The highest BCUT2D eigenvalue weighted by atomic mass is 35.5. The van der Waals surface area contributed by atoms with Crippen LogP contribution in [0.15, 0.2) is 24.3 Å². The number of nitrogens with zero attached hydrogens (tertiary/aromatic N) is 2. The van der Waals surface area contributed by atoms with E-state index in [1.54, 1.807) is 0 Å². The van der Waals surface area contributed by atoms with E-state index < -0.39 is 0 Å². The second kappa shape index (κ2) is 8.08. The van der Waals surface area contributed by atoms with Gasteiger partial charge >= 0.3 is 0 Å². The Bertz CT molecular complexity index is 653. The average molecular weight is 338 g/mol. The Labute approximate surface area is 142 Å². The maximum absolute atomic E-state index is 12.2. The molecule has 23 heavy (non-hydrogen) atoms. The minimum atomic E-state index is -0.272. The largest absolute Gasteiger partial charge is 0.327 e. The van der Waals surface area contributed by atoms with E-state index in [9.17, 15) is 4.79 Å². The number of carbonyl (C=O) groups excluding carboxylic acids is 1. The first kappa shape index (κ1) is 19.1. The molecular weight excluding hydrogens is 314 g/mol. The van der Waals surface area contributed by atoms with Gasteiger partial charge in [-0.25, -0.2) is 4.98 Å². The number of carbonyl (C=O) groups is 1. The molecule has 6 nitrogen and oxygen atoms in total. The highest BCUT2D eigenvalue weighted by molar-refractivity contribution is 5.96. The molecule has 0 radical (unpaired) electrons. The first-order chi connectivity index (χ1) is 10.4. The van der Waals surface area contributed by atoms with Crippen LogP contribution in [0.1, 0.15) is 39.4 Å². The van der Waals surface area contributed by atoms with Gasteiger partial charge in [0.2, 0.25) is 5.91 Å². The lowest BCUT2D eigenvalue weighted by molar-refractivity contribution is -0.119. The predicted molar refractivity (Wildman–Crippen MR) is 94.6 cm³/mol. The fourth-order valence-corrected chi connectivity index (χ4v) is 1.93. The molecule has 0 aliphatic carbocycles. The number of aromatic amines is 1. The van der Waals surface area contributed by atoms with Gasteiger partial charge in [-0.15, -0.1) is 12.4 Å². The van der Waals surface area contributed by atoms with Crippen molar-refractivity contribution in [1.29, 1.82) is 0 Å². The van der Waals surface area contributed by atoms with Crippen molar-refractivity contribution in [1.82, 2.24) is 15.2 Å². The number of nitrogens with two attached hydrogens (primary N) is 1. The zero-order chi connectivity index (χ0) is 16.3. The van der Waals surface area contributed by atoms with Crippen LogP contribution in [0.4, 0.5) is 5.69 Å². The van der Waals surface area contributed by atoms with Gasteiger partial charge in [-0.05, 0) is 19.1 Å². The Kier molecular flexibility index (Phi) is 6.72. The molecule has 0 aliphatic heterocycles. The monoisotopic (exact) mass is 337 g/mol. The zero-order valence-corrected chi connectivity index (χ0v) is 14.6. The summed E-state index contributed by atoms with van der Waals surface area (Å²) in [4.78, 5) is 16.7. The lowest BCUT2D eigenvalue weighted by Gasteiger charge is -2.16. The van der Waals surface area contributed by atoms with E-state index in [-0.39, 0.29) is 36.2 Å². The summed E-state index contributed by atoms with van der Waals surface area (Å²) in [5.41, 5.74) is 7.26. The van der Waals surface area contributed by atoms with Gasteiger partial charge in [0.25, 0.3) is 0 Å². The first-order valence-corrected chi connectivity index (χ1v) is 7.48. The topological polar surface area (TPSA) is 96.7 Å². The maximum Gasteiger partial charge on any atom is 0.228 e. The van der Waals surface area contributed by atoms with Crippen LogP contribution >= 0.6 is 12.4 Å². The number of para-hydroxylation sites is 1. The van der Waals surface area contributed by atoms with Crippen LogP contribution in [0.2, 0.25) is 0 Å². The lowest BCUT2D eigenvalue weighted by Crippen LogP contribution is -2.34. The van der Waals surface area contributed by atoms with E-state index in [0.29, 0.717) is 11.5 Å². The Balaban J connectivity index is 0.00000264. The third-order valence-electron chi connectivity index (χ3n) is 3.68. The van der Waals surface area contributed by atoms with Gasteiger partial charge in [0.05, 0.1) is 11.6 Å². The van der Waals surface area contributed by atoms with Crippen molar-refractivity contribution in [3.8, 4) is 11.4 Å². The summed E-state index contributed by atoms with van der Waals surface area (Å²) in [6, 6.07) is 7.28. The minimum absolute atomic E-state index is 0. The SMILES string of the molecule is CC(C)c1nc(-c2ccccc2NC(=O)C(C)C(C)N)n[nH]1.Cl. The number of anilines is 1. The summed E-state index contributed by atoms with van der Waals surface area (Å²) in [6.45, 7) is 7.72. The number of benzene rings is 1. The molecule has 126 valence electrons. The van der Waals surface area contributed by atoms with Gasteiger partial charge < -0.3 is 11.1 Å². The van der Waals surface area contributed by atoms with E-state index in [0.717, 1.165) is 11.4 Å². The Morgan fingerprint density at radius 1 is 1.22 bits per heavy atom. The van der Waals surface area contributed by atoms with Crippen LogP contribution in [0.25, 0.3) is 11.4 Å². The van der Waals surface area contributed by atoms with Gasteiger partial charge in [0.1, 0.15) is 5.82 Å². The summed E-state index contributed by atoms with van der Waals surface area (Å²) in [5, 5.41) is 10.1. The molecule has 2 aromatic rings. The lowest BCUT2D eigenvalue weighted by atomic mass is 10.0. The van der Waals surface area contributed by atoms with Gasteiger partial charge in [-0.1, -0.05) is 32.9 Å². The van der Waals surface area contributed by atoms with Crippen molar-refractivity contribution in [2.75, 3.05) is 5.32 Å². The Hall–Kier alpha value is -1.92. The van der Waals surface area contributed by atoms with Crippen LogP contribution in [0, 0.1) is 5.92 Å².